The molecule has 4 aliphatic rings. The van der Waals surface area contributed by atoms with Gasteiger partial charge in [-0.05, 0) is 66.3 Å². The van der Waals surface area contributed by atoms with Crippen molar-refractivity contribution < 1.29 is 18.7 Å². The largest absolute Gasteiger partial charge is 0.443 e. The average molecular weight is 423 g/mol. The minimum atomic E-state index is -0.376. The molecule has 0 spiro atoms. The molecule has 1 atom stereocenters. The van der Waals surface area contributed by atoms with Crippen LogP contribution in [0.3, 0.4) is 0 Å². The van der Waals surface area contributed by atoms with Crippen LogP contribution < -0.4 is 5.32 Å². The molecular formula is C25H27FN2O3. The van der Waals surface area contributed by atoms with Gasteiger partial charge in [0.2, 0.25) is 5.91 Å². The van der Waals surface area contributed by atoms with Crippen LogP contribution in [0.5, 0.6) is 0 Å². The third kappa shape index (κ3) is 3.48. The van der Waals surface area contributed by atoms with Crippen LogP contribution in [0.1, 0.15) is 54.8 Å². The first-order valence-electron chi connectivity index (χ1n) is 11.0. The number of halogens is 1. The van der Waals surface area contributed by atoms with Crippen molar-refractivity contribution >= 4 is 12.0 Å². The lowest BCUT2D eigenvalue weighted by Gasteiger charge is -2.69. The van der Waals surface area contributed by atoms with E-state index in [1.54, 1.807) is 19.2 Å². The standard InChI is InChI=1S/C25H27FN2O3/c1-27-23(30)31-25-14-24(15-25,16-25)12-10-21(29)28-13-11-17-4-2-3-5-20(17)22(28)18-6-8-19(26)9-7-18/h2-9,22H,10-16H2,1H3,(H,27,30)/t22-,24?,25?/m0/s1. The lowest BCUT2D eigenvalue weighted by molar-refractivity contribution is -0.259. The summed E-state index contributed by atoms with van der Waals surface area (Å²) in [7, 11) is 1.57. The van der Waals surface area contributed by atoms with Crippen LogP contribution in [0, 0.1) is 11.2 Å². The molecule has 2 aromatic carbocycles. The molecule has 2 amide bonds. The van der Waals surface area contributed by atoms with Gasteiger partial charge in [0.25, 0.3) is 0 Å². The number of carbonyl (C=O) groups is 2. The van der Waals surface area contributed by atoms with E-state index in [4.69, 9.17) is 4.74 Å². The number of alkyl carbamates (subject to hydrolysis) is 1. The average Bonchev–Trinajstić information content (AvgIpc) is 2.74. The number of amides is 2. The van der Waals surface area contributed by atoms with Crippen molar-refractivity contribution in [3.05, 3.63) is 71.0 Å². The van der Waals surface area contributed by atoms with Crippen molar-refractivity contribution in [2.75, 3.05) is 13.6 Å². The summed E-state index contributed by atoms with van der Waals surface area (Å²) in [6.45, 7) is 0.661. The number of hydrogen-bond donors (Lipinski definition) is 1. The van der Waals surface area contributed by atoms with Gasteiger partial charge in [0.1, 0.15) is 11.4 Å². The van der Waals surface area contributed by atoms with E-state index in [2.05, 4.69) is 17.4 Å². The number of rotatable bonds is 5. The summed E-state index contributed by atoms with van der Waals surface area (Å²) in [6, 6.07) is 14.5. The Morgan fingerprint density at radius 3 is 2.55 bits per heavy atom. The molecule has 3 saturated carbocycles. The van der Waals surface area contributed by atoms with Crippen molar-refractivity contribution in [2.45, 2.75) is 50.2 Å². The molecular weight excluding hydrogens is 395 g/mol. The van der Waals surface area contributed by atoms with Crippen LogP contribution in [0.2, 0.25) is 0 Å². The Balaban J connectivity index is 1.28. The van der Waals surface area contributed by atoms with Crippen molar-refractivity contribution in [3.8, 4) is 0 Å². The summed E-state index contributed by atoms with van der Waals surface area (Å²) < 4.78 is 19.0. The summed E-state index contributed by atoms with van der Waals surface area (Å²) in [5, 5.41) is 2.51. The Bertz CT molecular complexity index is 1000. The molecule has 0 unspecified atom stereocenters. The van der Waals surface area contributed by atoms with Crippen LogP contribution in [-0.2, 0) is 16.0 Å². The van der Waals surface area contributed by atoms with Gasteiger partial charge in [-0.25, -0.2) is 9.18 Å². The molecule has 1 aliphatic heterocycles. The van der Waals surface area contributed by atoms with Gasteiger partial charge in [0, 0.05) is 20.0 Å². The molecule has 2 bridgehead atoms. The molecule has 5 nitrogen and oxygen atoms in total. The second-order valence-electron chi connectivity index (χ2n) is 9.34. The van der Waals surface area contributed by atoms with Gasteiger partial charge in [0.15, 0.2) is 0 Å². The van der Waals surface area contributed by atoms with Crippen LogP contribution >= 0.6 is 0 Å². The van der Waals surface area contributed by atoms with Crippen LogP contribution in [0.15, 0.2) is 48.5 Å². The van der Waals surface area contributed by atoms with E-state index in [-0.39, 0.29) is 34.9 Å². The van der Waals surface area contributed by atoms with E-state index >= 15 is 0 Å². The molecule has 1 heterocycles. The highest BCUT2D eigenvalue weighted by Gasteiger charge is 2.70. The second-order valence-corrected chi connectivity index (χ2v) is 9.34. The van der Waals surface area contributed by atoms with Gasteiger partial charge < -0.3 is 15.0 Å². The summed E-state index contributed by atoms with van der Waals surface area (Å²) in [5.74, 6) is -0.142. The highest BCUT2D eigenvalue weighted by atomic mass is 19.1. The summed E-state index contributed by atoms with van der Waals surface area (Å²) in [4.78, 5) is 26.8. The van der Waals surface area contributed by atoms with Crippen molar-refractivity contribution in [3.63, 3.8) is 0 Å². The molecule has 6 heteroatoms. The van der Waals surface area contributed by atoms with E-state index in [0.29, 0.717) is 13.0 Å². The molecule has 0 radical (unpaired) electrons. The number of nitrogens with zero attached hydrogens (tertiary/aromatic N) is 1. The number of ether oxygens (including phenoxy) is 1. The van der Waals surface area contributed by atoms with E-state index in [0.717, 1.165) is 43.2 Å². The zero-order valence-corrected chi connectivity index (χ0v) is 17.7. The number of benzene rings is 2. The van der Waals surface area contributed by atoms with E-state index in [1.165, 1.54) is 17.7 Å². The van der Waals surface area contributed by atoms with Gasteiger partial charge in [0.05, 0.1) is 6.04 Å². The van der Waals surface area contributed by atoms with Gasteiger partial charge in [-0.1, -0.05) is 36.4 Å². The van der Waals surface area contributed by atoms with E-state index < -0.39 is 0 Å². The van der Waals surface area contributed by atoms with E-state index in [1.807, 2.05) is 17.0 Å². The highest BCUT2D eigenvalue weighted by Crippen LogP contribution is 2.71. The van der Waals surface area contributed by atoms with Crippen molar-refractivity contribution in [1.29, 1.82) is 0 Å². The number of hydrogen-bond acceptors (Lipinski definition) is 3. The molecule has 6 rings (SSSR count). The van der Waals surface area contributed by atoms with Crippen LogP contribution in [-0.4, -0.2) is 36.1 Å². The molecule has 0 saturated heterocycles. The highest BCUT2D eigenvalue weighted by molar-refractivity contribution is 5.78. The fraction of sp³-hybridized carbons (Fsp3) is 0.440. The molecule has 3 aliphatic carbocycles. The Labute approximate surface area is 181 Å². The lowest BCUT2D eigenvalue weighted by Crippen LogP contribution is -2.69. The topological polar surface area (TPSA) is 58.6 Å². The molecule has 0 aromatic heterocycles. The number of fused-ring (bicyclic) bond motifs is 1. The van der Waals surface area contributed by atoms with E-state index in [9.17, 15) is 14.0 Å². The Kier molecular flexibility index (Phi) is 4.76. The van der Waals surface area contributed by atoms with Crippen LogP contribution in [0.25, 0.3) is 0 Å². The molecule has 2 aromatic rings. The third-order valence-electron chi connectivity index (χ3n) is 7.26. The Hall–Kier alpha value is -2.89. The van der Waals surface area contributed by atoms with Crippen molar-refractivity contribution in [2.24, 2.45) is 5.41 Å². The van der Waals surface area contributed by atoms with Crippen LogP contribution in [0.4, 0.5) is 9.18 Å². The maximum atomic E-state index is 13.5. The quantitative estimate of drug-likeness (QED) is 0.779. The normalized spacial score (nSPS) is 28.1. The zero-order chi connectivity index (χ0) is 21.6. The fourth-order valence-corrected chi connectivity index (χ4v) is 5.87. The molecule has 162 valence electrons. The number of nitrogens with one attached hydrogen (secondary N) is 1. The lowest BCUT2D eigenvalue weighted by atomic mass is 9.40. The SMILES string of the molecule is CNC(=O)OC12CC(CCC(=O)N3CCc4ccccc4[C@@H]3c3ccc(F)cc3)(C1)C2. The predicted octanol–water partition coefficient (Wildman–Crippen LogP) is 4.36. The number of carbonyl (C=O) groups excluding carboxylic acids is 2. The minimum absolute atomic E-state index is 0.134. The third-order valence-corrected chi connectivity index (χ3v) is 7.26. The second kappa shape index (κ2) is 7.36. The zero-order valence-electron chi connectivity index (χ0n) is 17.7. The predicted molar refractivity (Wildman–Crippen MR) is 114 cm³/mol. The minimum Gasteiger partial charge on any atom is -0.443 e. The maximum Gasteiger partial charge on any atom is 0.407 e. The summed E-state index contributed by atoms with van der Waals surface area (Å²) in [5.41, 5.74) is 3.14. The first kappa shape index (κ1) is 20.0. The fourth-order valence-electron chi connectivity index (χ4n) is 5.87. The first-order valence-corrected chi connectivity index (χ1v) is 11.0. The van der Waals surface area contributed by atoms with Gasteiger partial charge in [-0.3, -0.25) is 4.79 Å². The smallest absolute Gasteiger partial charge is 0.407 e. The van der Waals surface area contributed by atoms with Crippen molar-refractivity contribution in [1.82, 2.24) is 10.2 Å². The monoisotopic (exact) mass is 422 g/mol. The molecule has 31 heavy (non-hydrogen) atoms. The first-order chi connectivity index (χ1) is 14.9. The Morgan fingerprint density at radius 2 is 1.84 bits per heavy atom. The van der Waals surface area contributed by atoms with Gasteiger partial charge in [-0.15, -0.1) is 0 Å². The van der Waals surface area contributed by atoms with Gasteiger partial charge in [-0.2, -0.15) is 0 Å². The summed E-state index contributed by atoms with van der Waals surface area (Å²) in [6.07, 6.45) is 4.31. The Morgan fingerprint density at radius 1 is 1.13 bits per heavy atom. The molecule has 3 fully saturated rings. The van der Waals surface area contributed by atoms with Gasteiger partial charge >= 0.3 is 6.09 Å². The molecule has 1 N–H and O–H groups in total. The summed E-state index contributed by atoms with van der Waals surface area (Å²) >= 11 is 0. The maximum absolute atomic E-state index is 13.5.